The topological polar surface area (TPSA) is 93.4 Å². The highest BCUT2D eigenvalue weighted by Crippen LogP contribution is 2.23. The Labute approximate surface area is 145 Å². The van der Waals surface area contributed by atoms with Crippen molar-refractivity contribution in [2.75, 3.05) is 25.0 Å². The van der Waals surface area contributed by atoms with Crippen LogP contribution in [0.25, 0.3) is 11.5 Å². The molecule has 3 aromatic heterocycles. The van der Waals surface area contributed by atoms with Crippen LogP contribution in [0.4, 0.5) is 5.82 Å². The minimum Gasteiger partial charge on any atom is -0.368 e. The molecule has 0 atom stereocenters. The van der Waals surface area contributed by atoms with Crippen molar-refractivity contribution in [2.45, 2.75) is 19.4 Å². The number of hydrogen-bond acceptors (Lipinski definition) is 7. The van der Waals surface area contributed by atoms with Gasteiger partial charge in [0, 0.05) is 37.5 Å². The van der Waals surface area contributed by atoms with Gasteiger partial charge in [-0.15, -0.1) is 5.10 Å². The van der Waals surface area contributed by atoms with Gasteiger partial charge >= 0.3 is 0 Å². The van der Waals surface area contributed by atoms with E-state index in [9.17, 15) is 0 Å². The SMILES string of the molecule is c1ccc(-c2nc3c(c(NCCn4ccnn4)n2)CCNCC3)nc1. The smallest absolute Gasteiger partial charge is 0.180 e. The number of aromatic nitrogens is 6. The van der Waals surface area contributed by atoms with Crippen LogP contribution in [0, 0.1) is 0 Å². The molecule has 0 aliphatic carbocycles. The second-order valence-corrected chi connectivity index (χ2v) is 5.88. The summed E-state index contributed by atoms with van der Waals surface area (Å²) in [7, 11) is 0. The molecule has 0 bridgehead atoms. The van der Waals surface area contributed by atoms with E-state index in [1.54, 1.807) is 17.1 Å². The molecule has 0 amide bonds. The van der Waals surface area contributed by atoms with Crippen molar-refractivity contribution in [3.8, 4) is 11.5 Å². The number of nitrogens with one attached hydrogen (secondary N) is 2. The fourth-order valence-corrected chi connectivity index (χ4v) is 2.94. The highest BCUT2D eigenvalue weighted by Gasteiger charge is 2.17. The second kappa shape index (κ2) is 7.35. The molecule has 4 heterocycles. The zero-order valence-electron chi connectivity index (χ0n) is 13.9. The summed E-state index contributed by atoms with van der Waals surface area (Å²) in [6.07, 6.45) is 7.12. The lowest BCUT2D eigenvalue weighted by molar-refractivity contribution is 0.608. The molecule has 0 radical (unpaired) electrons. The molecule has 4 rings (SSSR count). The van der Waals surface area contributed by atoms with Crippen LogP contribution in [0.3, 0.4) is 0 Å². The van der Waals surface area contributed by atoms with Crippen molar-refractivity contribution < 1.29 is 0 Å². The molecule has 2 N–H and O–H groups in total. The summed E-state index contributed by atoms with van der Waals surface area (Å²) in [6, 6.07) is 5.79. The molecule has 128 valence electrons. The molecule has 8 nitrogen and oxygen atoms in total. The Bertz CT molecular complexity index is 816. The molecule has 3 aromatic rings. The van der Waals surface area contributed by atoms with E-state index in [1.807, 2.05) is 24.4 Å². The van der Waals surface area contributed by atoms with Gasteiger partial charge in [0.15, 0.2) is 5.82 Å². The molecule has 25 heavy (non-hydrogen) atoms. The molecule has 0 saturated carbocycles. The summed E-state index contributed by atoms with van der Waals surface area (Å²) in [6.45, 7) is 3.33. The van der Waals surface area contributed by atoms with Crippen LogP contribution in [0.2, 0.25) is 0 Å². The number of anilines is 1. The van der Waals surface area contributed by atoms with Gasteiger partial charge in [0.2, 0.25) is 0 Å². The maximum absolute atomic E-state index is 4.78. The lowest BCUT2D eigenvalue weighted by Crippen LogP contribution is -2.17. The summed E-state index contributed by atoms with van der Waals surface area (Å²) < 4.78 is 1.80. The van der Waals surface area contributed by atoms with Crippen LogP contribution < -0.4 is 10.6 Å². The van der Waals surface area contributed by atoms with E-state index in [2.05, 4.69) is 25.9 Å². The quantitative estimate of drug-likeness (QED) is 0.716. The monoisotopic (exact) mass is 336 g/mol. The predicted octanol–water partition coefficient (Wildman–Crippen LogP) is 0.930. The van der Waals surface area contributed by atoms with Crippen molar-refractivity contribution in [2.24, 2.45) is 0 Å². The van der Waals surface area contributed by atoms with E-state index in [4.69, 9.17) is 9.97 Å². The lowest BCUT2D eigenvalue weighted by Gasteiger charge is -2.14. The summed E-state index contributed by atoms with van der Waals surface area (Å²) in [5.41, 5.74) is 3.09. The molecular formula is C17H20N8. The Morgan fingerprint density at radius 3 is 2.92 bits per heavy atom. The minimum absolute atomic E-state index is 0.671. The van der Waals surface area contributed by atoms with Crippen molar-refractivity contribution in [1.82, 2.24) is 35.3 Å². The first-order valence-corrected chi connectivity index (χ1v) is 8.50. The standard InChI is InChI=1S/C17H20N8/c1-2-6-19-15(3-1)17-22-14-5-8-18-7-4-13(14)16(23-17)20-9-11-25-12-10-21-24-25/h1-3,6,10,12,18H,4-5,7-9,11H2,(H,20,22,23). The summed E-state index contributed by atoms with van der Waals surface area (Å²) in [5.74, 6) is 1.57. The molecule has 0 fully saturated rings. The van der Waals surface area contributed by atoms with Crippen LogP contribution in [-0.2, 0) is 19.4 Å². The number of nitrogens with zero attached hydrogens (tertiary/aromatic N) is 6. The Morgan fingerprint density at radius 1 is 1.12 bits per heavy atom. The van der Waals surface area contributed by atoms with Crippen LogP contribution >= 0.6 is 0 Å². The first kappa shape index (κ1) is 15.6. The van der Waals surface area contributed by atoms with Crippen LogP contribution in [0.15, 0.2) is 36.8 Å². The Morgan fingerprint density at radius 2 is 2.08 bits per heavy atom. The first-order chi connectivity index (χ1) is 12.4. The number of hydrogen-bond donors (Lipinski definition) is 2. The average molecular weight is 336 g/mol. The molecule has 0 unspecified atom stereocenters. The second-order valence-electron chi connectivity index (χ2n) is 5.88. The van der Waals surface area contributed by atoms with Gasteiger partial charge in [-0.05, 0) is 25.1 Å². The third kappa shape index (κ3) is 3.63. The fourth-order valence-electron chi connectivity index (χ4n) is 2.94. The average Bonchev–Trinajstić information content (AvgIpc) is 3.05. The van der Waals surface area contributed by atoms with Crippen molar-refractivity contribution in [3.05, 3.63) is 48.0 Å². The van der Waals surface area contributed by atoms with Gasteiger partial charge in [-0.1, -0.05) is 11.3 Å². The predicted molar refractivity (Wildman–Crippen MR) is 94.1 cm³/mol. The van der Waals surface area contributed by atoms with E-state index >= 15 is 0 Å². The third-order valence-corrected chi connectivity index (χ3v) is 4.18. The van der Waals surface area contributed by atoms with E-state index in [0.717, 1.165) is 56.2 Å². The third-order valence-electron chi connectivity index (χ3n) is 4.18. The van der Waals surface area contributed by atoms with Crippen LogP contribution in [0.5, 0.6) is 0 Å². The molecule has 1 aliphatic heterocycles. The molecule has 0 saturated heterocycles. The molecular weight excluding hydrogens is 316 g/mol. The Balaban J connectivity index is 1.63. The highest BCUT2D eigenvalue weighted by molar-refractivity contribution is 5.57. The van der Waals surface area contributed by atoms with Crippen molar-refractivity contribution in [3.63, 3.8) is 0 Å². The Kier molecular flexibility index (Phi) is 4.60. The maximum Gasteiger partial charge on any atom is 0.180 e. The number of rotatable bonds is 5. The molecule has 0 aromatic carbocycles. The number of fused-ring (bicyclic) bond motifs is 1. The lowest BCUT2D eigenvalue weighted by atomic mass is 10.1. The van der Waals surface area contributed by atoms with Gasteiger partial charge < -0.3 is 10.6 Å². The maximum atomic E-state index is 4.78. The van der Waals surface area contributed by atoms with Gasteiger partial charge in [-0.3, -0.25) is 9.67 Å². The largest absolute Gasteiger partial charge is 0.368 e. The normalized spacial score (nSPS) is 13.9. The molecule has 0 spiro atoms. The summed E-state index contributed by atoms with van der Waals surface area (Å²) in [5, 5.41) is 14.7. The van der Waals surface area contributed by atoms with Gasteiger partial charge in [0.25, 0.3) is 0 Å². The number of pyridine rings is 1. The highest BCUT2D eigenvalue weighted by atomic mass is 15.4. The first-order valence-electron chi connectivity index (χ1n) is 8.50. The Hall–Kier alpha value is -2.87. The molecule has 1 aliphatic rings. The summed E-state index contributed by atoms with van der Waals surface area (Å²) >= 11 is 0. The van der Waals surface area contributed by atoms with E-state index in [-0.39, 0.29) is 0 Å². The van der Waals surface area contributed by atoms with Gasteiger partial charge in [-0.25, -0.2) is 9.97 Å². The zero-order chi connectivity index (χ0) is 16.9. The van der Waals surface area contributed by atoms with Gasteiger partial charge in [0.1, 0.15) is 11.5 Å². The van der Waals surface area contributed by atoms with Gasteiger partial charge in [-0.2, -0.15) is 0 Å². The summed E-state index contributed by atoms with van der Waals surface area (Å²) in [4.78, 5) is 13.9. The van der Waals surface area contributed by atoms with Crippen LogP contribution in [0.1, 0.15) is 11.3 Å². The van der Waals surface area contributed by atoms with Crippen molar-refractivity contribution >= 4 is 5.82 Å². The molecule has 8 heteroatoms. The van der Waals surface area contributed by atoms with Crippen LogP contribution in [-0.4, -0.2) is 49.6 Å². The fraction of sp³-hybridized carbons (Fsp3) is 0.353. The van der Waals surface area contributed by atoms with Gasteiger partial charge in [0.05, 0.1) is 18.4 Å². The van der Waals surface area contributed by atoms with E-state index in [1.165, 1.54) is 5.56 Å². The van der Waals surface area contributed by atoms with Crippen molar-refractivity contribution in [1.29, 1.82) is 0 Å². The zero-order valence-corrected chi connectivity index (χ0v) is 13.9. The minimum atomic E-state index is 0.671. The van der Waals surface area contributed by atoms with E-state index in [0.29, 0.717) is 5.82 Å². The van der Waals surface area contributed by atoms with E-state index < -0.39 is 0 Å².